The number of hydrogen-bond acceptors (Lipinski definition) is 4. The highest BCUT2D eigenvalue weighted by Crippen LogP contribution is 2.35. The maximum absolute atomic E-state index is 10.4. The second kappa shape index (κ2) is 5.56. The number of amides is 1. The monoisotopic (exact) mass is 260 g/mol. The lowest BCUT2D eigenvalue weighted by molar-refractivity contribution is -0.105. The SMILES string of the molecule is C/C(O)=C/C(=N)OC1CCc2ccc(NC=O)cc21. The molecule has 1 unspecified atom stereocenters. The average Bonchev–Trinajstić information content (AvgIpc) is 2.71. The summed E-state index contributed by atoms with van der Waals surface area (Å²) in [6, 6.07) is 5.67. The standard InChI is InChI=1S/C14H16N2O3/c1-9(18)6-14(15)19-13-5-3-10-2-4-11(16-8-17)7-12(10)13/h2,4,6-8,13,15,18H,3,5H2,1H3,(H,16,17)/b9-6-,15-14?. The molecular formula is C14H16N2O3. The van der Waals surface area contributed by atoms with Crippen molar-refractivity contribution in [2.75, 3.05) is 5.32 Å². The minimum absolute atomic E-state index is 0.0413. The van der Waals surface area contributed by atoms with Crippen molar-refractivity contribution in [3.8, 4) is 0 Å². The fourth-order valence-electron chi connectivity index (χ4n) is 2.22. The van der Waals surface area contributed by atoms with E-state index in [0.29, 0.717) is 12.1 Å². The summed E-state index contributed by atoms with van der Waals surface area (Å²) in [5, 5.41) is 19.3. The summed E-state index contributed by atoms with van der Waals surface area (Å²) in [5.41, 5.74) is 2.87. The summed E-state index contributed by atoms with van der Waals surface area (Å²) in [5.74, 6) is -0.0220. The first-order valence-electron chi connectivity index (χ1n) is 6.05. The van der Waals surface area contributed by atoms with Crippen LogP contribution in [-0.4, -0.2) is 17.4 Å². The summed E-state index contributed by atoms with van der Waals surface area (Å²) < 4.78 is 5.51. The van der Waals surface area contributed by atoms with E-state index < -0.39 is 0 Å². The highest BCUT2D eigenvalue weighted by molar-refractivity contribution is 5.85. The van der Waals surface area contributed by atoms with Gasteiger partial charge in [0.05, 0.1) is 5.76 Å². The van der Waals surface area contributed by atoms with Crippen LogP contribution in [-0.2, 0) is 16.0 Å². The van der Waals surface area contributed by atoms with Gasteiger partial charge in [-0.2, -0.15) is 0 Å². The number of benzene rings is 1. The van der Waals surface area contributed by atoms with Gasteiger partial charge in [-0.15, -0.1) is 0 Å². The maximum atomic E-state index is 10.4. The number of aliphatic hydroxyl groups is 1. The summed E-state index contributed by atoms with van der Waals surface area (Å²) in [6.45, 7) is 1.49. The Bertz CT molecular complexity index is 533. The van der Waals surface area contributed by atoms with Gasteiger partial charge in [-0.05, 0) is 43.0 Å². The van der Waals surface area contributed by atoms with Gasteiger partial charge in [-0.3, -0.25) is 10.2 Å². The smallest absolute Gasteiger partial charge is 0.211 e. The fraction of sp³-hybridized carbons (Fsp3) is 0.286. The van der Waals surface area contributed by atoms with Crippen LogP contribution < -0.4 is 5.32 Å². The second-order valence-corrected chi connectivity index (χ2v) is 4.47. The van der Waals surface area contributed by atoms with Crippen LogP contribution in [0.2, 0.25) is 0 Å². The van der Waals surface area contributed by atoms with E-state index in [9.17, 15) is 4.79 Å². The van der Waals surface area contributed by atoms with E-state index in [1.807, 2.05) is 18.2 Å². The van der Waals surface area contributed by atoms with Crippen molar-refractivity contribution >= 4 is 18.0 Å². The number of aryl methyl sites for hydroxylation is 1. The van der Waals surface area contributed by atoms with Crippen LogP contribution in [0, 0.1) is 5.41 Å². The van der Waals surface area contributed by atoms with Gasteiger partial charge in [0.1, 0.15) is 6.10 Å². The van der Waals surface area contributed by atoms with E-state index in [-0.39, 0.29) is 17.8 Å². The molecule has 0 spiro atoms. The Morgan fingerprint density at radius 1 is 1.58 bits per heavy atom. The second-order valence-electron chi connectivity index (χ2n) is 4.47. The molecule has 0 saturated heterocycles. The summed E-state index contributed by atoms with van der Waals surface area (Å²) >= 11 is 0. The van der Waals surface area contributed by atoms with Crippen molar-refractivity contribution in [2.24, 2.45) is 0 Å². The Labute approximate surface area is 111 Å². The van der Waals surface area contributed by atoms with E-state index >= 15 is 0 Å². The molecule has 0 saturated carbocycles. The van der Waals surface area contributed by atoms with Crippen molar-refractivity contribution in [3.05, 3.63) is 41.2 Å². The average molecular weight is 260 g/mol. The third kappa shape index (κ3) is 3.13. The minimum atomic E-state index is -0.202. The zero-order valence-electron chi connectivity index (χ0n) is 10.6. The van der Waals surface area contributed by atoms with Gasteiger partial charge < -0.3 is 15.2 Å². The molecule has 1 aliphatic rings. The van der Waals surface area contributed by atoms with Crippen LogP contribution in [0.25, 0.3) is 0 Å². The van der Waals surface area contributed by atoms with Crippen LogP contribution in [0.1, 0.15) is 30.6 Å². The predicted octanol–water partition coefficient (Wildman–Crippen LogP) is 2.70. The molecule has 1 aromatic rings. The number of carbonyl (C=O) groups excluding carboxylic acids is 1. The quantitative estimate of drug-likeness (QED) is 0.337. The third-order valence-corrected chi connectivity index (χ3v) is 3.00. The first-order chi connectivity index (χ1) is 9.10. The molecule has 100 valence electrons. The normalized spacial score (nSPS) is 17.7. The van der Waals surface area contributed by atoms with Gasteiger partial charge in [0.15, 0.2) is 0 Å². The molecule has 5 nitrogen and oxygen atoms in total. The van der Waals surface area contributed by atoms with Crippen molar-refractivity contribution in [2.45, 2.75) is 25.9 Å². The number of fused-ring (bicyclic) bond motifs is 1. The zero-order chi connectivity index (χ0) is 13.8. The Balaban J connectivity index is 2.16. The Kier molecular flexibility index (Phi) is 3.85. The van der Waals surface area contributed by atoms with Crippen LogP contribution >= 0.6 is 0 Å². The van der Waals surface area contributed by atoms with Gasteiger partial charge in [-0.25, -0.2) is 0 Å². The van der Waals surface area contributed by atoms with Gasteiger partial charge in [-0.1, -0.05) is 6.07 Å². The highest BCUT2D eigenvalue weighted by atomic mass is 16.5. The molecule has 0 aliphatic heterocycles. The third-order valence-electron chi connectivity index (χ3n) is 3.00. The molecule has 2 rings (SSSR count). The van der Waals surface area contributed by atoms with Crippen molar-refractivity contribution in [1.29, 1.82) is 5.41 Å². The molecule has 0 bridgehead atoms. The molecule has 1 amide bonds. The number of hydrogen-bond donors (Lipinski definition) is 3. The highest BCUT2D eigenvalue weighted by Gasteiger charge is 2.24. The van der Waals surface area contributed by atoms with Crippen LogP contribution in [0.15, 0.2) is 30.0 Å². The lowest BCUT2D eigenvalue weighted by Gasteiger charge is -2.14. The molecule has 3 N–H and O–H groups in total. The van der Waals surface area contributed by atoms with Gasteiger partial charge >= 0.3 is 0 Å². The van der Waals surface area contributed by atoms with Crippen molar-refractivity contribution < 1.29 is 14.6 Å². The zero-order valence-corrected chi connectivity index (χ0v) is 10.6. The number of aliphatic hydroxyl groups excluding tert-OH is 1. The largest absolute Gasteiger partial charge is 0.512 e. The molecule has 1 aliphatic carbocycles. The number of anilines is 1. The van der Waals surface area contributed by atoms with Gasteiger partial charge in [0.2, 0.25) is 12.3 Å². The molecule has 19 heavy (non-hydrogen) atoms. The minimum Gasteiger partial charge on any atom is -0.512 e. The molecule has 5 heteroatoms. The van der Waals surface area contributed by atoms with E-state index in [4.69, 9.17) is 15.3 Å². The number of rotatable bonds is 4. The summed E-state index contributed by atoms with van der Waals surface area (Å²) in [4.78, 5) is 10.4. The summed E-state index contributed by atoms with van der Waals surface area (Å²) in [6.07, 6.45) is 3.38. The van der Waals surface area contributed by atoms with E-state index in [0.717, 1.165) is 18.4 Å². The Hall–Kier alpha value is -2.30. The van der Waals surface area contributed by atoms with Crippen molar-refractivity contribution in [1.82, 2.24) is 0 Å². The molecule has 1 aromatic carbocycles. The first-order valence-corrected chi connectivity index (χ1v) is 6.05. The lowest BCUT2D eigenvalue weighted by atomic mass is 10.1. The Morgan fingerprint density at radius 2 is 2.37 bits per heavy atom. The number of carbonyl (C=O) groups is 1. The number of ether oxygens (including phenoxy) is 1. The van der Waals surface area contributed by atoms with Crippen LogP contribution in [0.3, 0.4) is 0 Å². The first kappa shape index (κ1) is 13.1. The van der Waals surface area contributed by atoms with E-state index in [2.05, 4.69) is 5.32 Å². The number of nitrogens with one attached hydrogen (secondary N) is 2. The summed E-state index contributed by atoms with van der Waals surface area (Å²) in [7, 11) is 0. The van der Waals surface area contributed by atoms with Crippen molar-refractivity contribution in [3.63, 3.8) is 0 Å². The molecular weight excluding hydrogens is 244 g/mol. The molecule has 0 fully saturated rings. The predicted molar refractivity (Wildman–Crippen MR) is 72.4 cm³/mol. The molecule has 1 atom stereocenters. The fourth-order valence-corrected chi connectivity index (χ4v) is 2.22. The van der Waals surface area contributed by atoms with Crippen LogP contribution in [0.5, 0.6) is 0 Å². The molecule has 0 heterocycles. The molecule has 0 radical (unpaired) electrons. The van der Waals surface area contributed by atoms with Crippen LogP contribution in [0.4, 0.5) is 5.69 Å². The van der Waals surface area contributed by atoms with E-state index in [1.54, 1.807) is 0 Å². The van der Waals surface area contributed by atoms with Gasteiger partial charge in [0.25, 0.3) is 0 Å². The Morgan fingerprint density at radius 3 is 3.05 bits per heavy atom. The number of allylic oxidation sites excluding steroid dienone is 1. The lowest BCUT2D eigenvalue weighted by Crippen LogP contribution is -2.07. The van der Waals surface area contributed by atoms with Gasteiger partial charge in [0, 0.05) is 11.8 Å². The molecule has 0 aromatic heterocycles. The maximum Gasteiger partial charge on any atom is 0.211 e. The van der Waals surface area contributed by atoms with E-state index in [1.165, 1.54) is 18.6 Å². The topological polar surface area (TPSA) is 82.4 Å².